The highest BCUT2D eigenvalue weighted by Crippen LogP contribution is 2.22. The van der Waals surface area contributed by atoms with Crippen molar-refractivity contribution in [1.29, 1.82) is 0 Å². The zero-order chi connectivity index (χ0) is 14.5. The van der Waals surface area contributed by atoms with E-state index in [2.05, 4.69) is 21.2 Å². The molecule has 0 atom stereocenters. The standard InChI is InChI=1S/C15H15BrN2O2/c1-10-4-2-3-5-14(10)18-15(19)9-20-13-7-11(16)6-12(17)8-13/h2-8H,9,17H2,1H3,(H,18,19). The predicted octanol–water partition coefficient (Wildman–Crippen LogP) is 3.36. The first-order chi connectivity index (χ1) is 9.54. The van der Waals surface area contributed by atoms with Gasteiger partial charge in [-0.3, -0.25) is 4.79 Å². The average molecular weight is 335 g/mol. The van der Waals surface area contributed by atoms with Crippen LogP contribution in [0.15, 0.2) is 46.9 Å². The van der Waals surface area contributed by atoms with Crippen molar-refractivity contribution < 1.29 is 9.53 Å². The monoisotopic (exact) mass is 334 g/mol. The molecule has 0 unspecified atom stereocenters. The van der Waals surface area contributed by atoms with Crippen LogP contribution >= 0.6 is 15.9 Å². The van der Waals surface area contributed by atoms with E-state index in [1.807, 2.05) is 31.2 Å². The second-order valence-corrected chi connectivity index (χ2v) is 5.29. The zero-order valence-corrected chi connectivity index (χ0v) is 12.6. The number of carbonyl (C=O) groups is 1. The first kappa shape index (κ1) is 14.4. The first-order valence-electron chi connectivity index (χ1n) is 6.09. The van der Waals surface area contributed by atoms with Crippen molar-refractivity contribution in [3.63, 3.8) is 0 Å². The number of nitrogens with one attached hydrogen (secondary N) is 1. The van der Waals surface area contributed by atoms with Crippen molar-refractivity contribution in [2.24, 2.45) is 0 Å². The van der Waals surface area contributed by atoms with E-state index < -0.39 is 0 Å². The van der Waals surface area contributed by atoms with E-state index in [0.717, 1.165) is 15.7 Å². The third-order valence-electron chi connectivity index (χ3n) is 2.68. The van der Waals surface area contributed by atoms with Crippen molar-refractivity contribution in [1.82, 2.24) is 0 Å². The molecule has 3 N–H and O–H groups in total. The summed E-state index contributed by atoms with van der Waals surface area (Å²) in [5.41, 5.74) is 8.07. The largest absolute Gasteiger partial charge is 0.484 e. The lowest BCUT2D eigenvalue weighted by Crippen LogP contribution is -2.20. The molecule has 0 aliphatic carbocycles. The summed E-state index contributed by atoms with van der Waals surface area (Å²) in [4.78, 5) is 11.8. The number of benzene rings is 2. The van der Waals surface area contributed by atoms with Gasteiger partial charge in [0.15, 0.2) is 6.61 Å². The Morgan fingerprint density at radius 2 is 2.05 bits per heavy atom. The molecule has 104 valence electrons. The summed E-state index contributed by atoms with van der Waals surface area (Å²) >= 11 is 3.32. The molecule has 0 fully saturated rings. The topological polar surface area (TPSA) is 64.3 Å². The van der Waals surface area contributed by atoms with Gasteiger partial charge in [0.1, 0.15) is 5.75 Å². The minimum Gasteiger partial charge on any atom is -0.484 e. The summed E-state index contributed by atoms with van der Waals surface area (Å²) < 4.78 is 6.23. The molecule has 0 heterocycles. The number of ether oxygens (including phenoxy) is 1. The lowest BCUT2D eigenvalue weighted by Gasteiger charge is -2.10. The van der Waals surface area contributed by atoms with Crippen LogP contribution in [-0.4, -0.2) is 12.5 Å². The molecule has 20 heavy (non-hydrogen) atoms. The Kier molecular flexibility index (Phi) is 4.63. The van der Waals surface area contributed by atoms with E-state index in [1.54, 1.807) is 18.2 Å². The Bertz CT molecular complexity index is 609. The molecule has 0 spiro atoms. The maximum Gasteiger partial charge on any atom is 0.262 e. The van der Waals surface area contributed by atoms with Crippen LogP contribution in [0.3, 0.4) is 0 Å². The fourth-order valence-corrected chi connectivity index (χ4v) is 2.21. The number of nitrogens with two attached hydrogens (primary N) is 1. The maximum atomic E-state index is 11.8. The van der Waals surface area contributed by atoms with Crippen molar-refractivity contribution in [2.45, 2.75) is 6.92 Å². The fraction of sp³-hybridized carbons (Fsp3) is 0.133. The Morgan fingerprint density at radius 1 is 1.30 bits per heavy atom. The summed E-state index contributed by atoms with van der Waals surface area (Å²) in [7, 11) is 0. The van der Waals surface area contributed by atoms with Crippen molar-refractivity contribution in [3.8, 4) is 5.75 Å². The minimum absolute atomic E-state index is 0.0653. The number of rotatable bonds is 4. The number of anilines is 2. The molecule has 0 bridgehead atoms. The van der Waals surface area contributed by atoms with Gasteiger partial charge in [-0.15, -0.1) is 0 Å². The van der Waals surface area contributed by atoms with E-state index in [0.29, 0.717) is 11.4 Å². The van der Waals surface area contributed by atoms with E-state index in [-0.39, 0.29) is 12.5 Å². The second-order valence-electron chi connectivity index (χ2n) is 4.37. The third kappa shape index (κ3) is 3.99. The van der Waals surface area contributed by atoms with Crippen LogP contribution in [0.2, 0.25) is 0 Å². The molecule has 2 aromatic carbocycles. The molecule has 0 saturated carbocycles. The van der Waals surface area contributed by atoms with E-state index in [9.17, 15) is 4.79 Å². The van der Waals surface area contributed by atoms with Crippen LogP contribution in [0.1, 0.15) is 5.56 Å². The van der Waals surface area contributed by atoms with Crippen molar-refractivity contribution in [2.75, 3.05) is 17.7 Å². The van der Waals surface area contributed by atoms with Gasteiger partial charge in [0.05, 0.1) is 0 Å². The third-order valence-corrected chi connectivity index (χ3v) is 3.14. The number of para-hydroxylation sites is 1. The van der Waals surface area contributed by atoms with Gasteiger partial charge >= 0.3 is 0 Å². The highest BCUT2D eigenvalue weighted by atomic mass is 79.9. The molecule has 2 rings (SSSR count). The smallest absolute Gasteiger partial charge is 0.262 e. The molecule has 5 heteroatoms. The normalized spacial score (nSPS) is 10.1. The summed E-state index contributed by atoms with van der Waals surface area (Å²) in [5, 5.41) is 2.80. The van der Waals surface area contributed by atoms with Gasteiger partial charge in [-0.25, -0.2) is 0 Å². The van der Waals surface area contributed by atoms with Crippen molar-refractivity contribution >= 4 is 33.2 Å². The lowest BCUT2D eigenvalue weighted by atomic mass is 10.2. The van der Waals surface area contributed by atoms with Crippen molar-refractivity contribution in [3.05, 3.63) is 52.5 Å². The highest BCUT2D eigenvalue weighted by Gasteiger charge is 2.06. The zero-order valence-electron chi connectivity index (χ0n) is 11.0. The molecule has 1 amide bonds. The minimum atomic E-state index is -0.210. The Labute approximate surface area is 126 Å². The molecule has 0 aromatic heterocycles. The van der Waals surface area contributed by atoms with Crippen LogP contribution < -0.4 is 15.8 Å². The predicted molar refractivity (Wildman–Crippen MR) is 83.9 cm³/mol. The van der Waals surface area contributed by atoms with Gasteiger partial charge in [-0.05, 0) is 30.7 Å². The summed E-state index contributed by atoms with van der Waals surface area (Å²) in [5.74, 6) is 0.342. The number of aryl methyl sites for hydroxylation is 1. The maximum absolute atomic E-state index is 11.8. The Morgan fingerprint density at radius 3 is 2.75 bits per heavy atom. The summed E-state index contributed by atoms with van der Waals surface area (Å²) in [6.07, 6.45) is 0. The van der Waals surface area contributed by atoms with Gasteiger partial charge in [0.2, 0.25) is 0 Å². The molecule has 0 aliphatic heterocycles. The average Bonchev–Trinajstić information content (AvgIpc) is 2.38. The number of hydrogen-bond donors (Lipinski definition) is 2. The molecule has 0 aliphatic rings. The number of hydrogen-bond acceptors (Lipinski definition) is 3. The molecular formula is C15H15BrN2O2. The number of carbonyl (C=O) groups excluding carboxylic acids is 1. The van der Waals surface area contributed by atoms with Gasteiger partial charge in [-0.1, -0.05) is 34.1 Å². The van der Waals surface area contributed by atoms with Gasteiger partial charge in [-0.2, -0.15) is 0 Å². The molecule has 2 aromatic rings. The quantitative estimate of drug-likeness (QED) is 0.842. The van der Waals surface area contributed by atoms with E-state index in [1.165, 1.54) is 0 Å². The number of amides is 1. The fourth-order valence-electron chi connectivity index (χ4n) is 1.72. The second kappa shape index (κ2) is 6.43. The summed E-state index contributed by atoms with van der Waals surface area (Å²) in [6, 6.07) is 12.8. The van der Waals surface area contributed by atoms with E-state index in [4.69, 9.17) is 10.5 Å². The molecule has 4 nitrogen and oxygen atoms in total. The van der Waals surface area contributed by atoms with Crippen LogP contribution in [-0.2, 0) is 4.79 Å². The number of nitrogen functional groups attached to an aromatic ring is 1. The first-order valence-corrected chi connectivity index (χ1v) is 6.88. The van der Waals surface area contributed by atoms with Crippen LogP contribution in [0.5, 0.6) is 5.75 Å². The Hall–Kier alpha value is -2.01. The van der Waals surface area contributed by atoms with Gasteiger partial charge in [0.25, 0.3) is 5.91 Å². The van der Waals surface area contributed by atoms with Crippen LogP contribution in [0.25, 0.3) is 0 Å². The highest BCUT2D eigenvalue weighted by molar-refractivity contribution is 9.10. The van der Waals surface area contributed by atoms with Crippen LogP contribution in [0, 0.1) is 6.92 Å². The molecule has 0 radical (unpaired) electrons. The molecule has 0 saturated heterocycles. The molecular weight excluding hydrogens is 320 g/mol. The number of halogens is 1. The SMILES string of the molecule is Cc1ccccc1NC(=O)COc1cc(N)cc(Br)c1. The Balaban J connectivity index is 1.94. The van der Waals surface area contributed by atoms with E-state index >= 15 is 0 Å². The van der Waals surface area contributed by atoms with Crippen LogP contribution in [0.4, 0.5) is 11.4 Å². The van der Waals surface area contributed by atoms with Gasteiger partial charge < -0.3 is 15.8 Å². The lowest BCUT2D eigenvalue weighted by molar-refractivity contribution is -0.118. The summed E-state index contributed by atoms with van der Waals surface area (Å²) in [6.45, 7) is 1.87. The van der Waals surface area contributed by atoms with Gasteiger partial charge in [0, 0.05) is 21.9 Å².